The Hall–Kier alpha value is -9.13. The molecule has 494 valence electrons. The number of hydrogen-bond acceptors (Lipinski definition) is 18. The minimum absolute atomic E-state index is 0.000741. The van der Waals surface area contributed by atoms with Gasteiger partial charge in [-0.2, -0.15) is 4.98 Å². The maximum absolute atomic E-state index is 12.2. The summed E-state index contributed by atoms with van der Waals surface area (Å²) in [5.41, 5.74) is 10.2. The molecule has 8 heterocycles. The van der Waals surface area contributed by atoms with Crippen LogP contribution in [0.15, 0.2) is 88.3 Å². The predicted octanol–water partition coefficient (Wildman–Crippen LogP) is 10.5. The van der Waals surface area contributed by atoms with E-state index in [1.54, 1.807) is 129 Å². The van der Waals surface area contributed by atoms with E-state index in [1.807, 2.05) is 93.9 Å². The SMILES string of the molecule is CCc1cc(C(=O)N(C)C)cc(Br)n1.CCc1cc(C(=O)N(C)C)cc(NC)n1.CCn1cc(NC)cc1C(=O)N1CCCC1.CNc1cc(-c2c(C)noc2C)ccn1.CNc1cc(C(=O)N(C)C)cc(C(C)C)n1.CNc1cc(C(=O)N(C)C)cc(OC)n1. The van der Waals surface area contributed by atoms with Gasteiger partial charge in [0.15, 0.2) is 0 Å². The number of halogens is 1. The normalized spacial score (nSPS) is 11.0. The molecule has 25 heteroatoms. The van der Waals surface area contributed by atoms with Gasteiger partial charge in [0.25, 0.3) is 29.5 Å². The number of amides is 5. The van der Waals surface area contributed by atoms with E-state index in [0.29, 0.717) is 44.5 Å². The summed E-state index contributed by atoms with van der Waals surface area (Å²) in [6, 6.07) is 20.0. The maximum Gasteiger partial charge on any atom is 0.270 e. The first-order valence-electron chi connectivity index (χ1n) is 30.0. The van der Waals surface area contributed by atoms with Crippen LogP contribution in [-0.2, 0) is 19.4 Å². The smallest absolute Gasteiger partial charge is 0.270 e. The second-order valence-corrected chi connectivity index (χ2v) is 22.6. The van der Waals surface area contributed by atoms with Crippen molar-refractivity contribution in [1.29, 1.82) is 0 Å². The molecule has 0 saturated carbocycles. The van der Waals surface area contributed by atoms with Crippen LogP contribution in [0.1, 0.15) is 134 Å². The molecule has 0 atom stereocenters. The van der Waals surface area contributed by atoms with Crippen LogP contribution in [0.2, 0.25) is 0 Å². The molecule has 1 saturated heterocycles. The number of aromatic nitrogens is 7. The maximum atomic E-state index is 12.2. The van der Waals surface area contributed by atoms with Crippen LogP contribution >= 0.6 is 15.9 Å². The fraction of sp³-hybridized carbons (Fsp3) is 0.439. The molecule has 1 aliphatic rings. The van der Waals surface area contributed by atoms with E-state index >= 15 is 0 Å². The van der Waals surface area contributed by atoms with Gasteiger partial charge in [-0.25, -0.2) is 19.9 Å². The molecule has 24 nitrogen and oxygen atoms in total. The van der Waals surface area contributed by atoms with Gasteiger partial charge in [0.05, 0.1) is 18.5 Å². The highest BCUT2D eigenvalue weighted by atomic mass is 79.9. The highest BCUT2D eigenvalue weighted by Gasteiger charge is 2.23. The molecule has 5 amide bonds. The van der Waals surface area contributed by atoms with Crippen LogP contribution in [0.3, 0.4) is 0 Å². The lowest BCUT2D eigenvalue weighted by Gasteiger charge is -2.16. The third-order valence-corrected chi connectivity index (χ3v) is 14.2. The highest BCUT2D eigenvalue weighted by molar-refractivity contribution is 9.10. The average Bonchev–Trinajstić information content (AvgIpc) is 2.09. The summed E-state index contributed by atoms with van der Waals surface area (Å²) in [5.74, 6) is 4.58. The first-order chi connectivity index (χ1) is 43.1. The molecule has 0 aliphatic carbocycles. The monoisotopic (exact) mass is 1320 g/mol. The van der Waals surface area contributed by atoms with Gasteiger partial charge in [0, 0.05) is 175 Å². The van der Waals surface area contributed by atoms with Crippen molar-refractivity contribution >= 4 is 74.4 Å². The van der Waals surface area contributed by atoms with Crippen molar-refractivity contribution < 1.29 is 33.2 Å². The number of likely N-dealkylation sites (tertiary alicyclic amines) is 1. The fourth-order valence-electron chi connectivity index (χ4n) is 8.66. The highest BCUT2D eigenvalue weighted by Crippen LogP contribution is 2.28. The first kappa shape index (κ1) is 76.1. The Bertz CT molecular complexity index is 3350. The predicted molar refractivity (Wildman–Crippen MR) is 368 cm³/mol. The Morgan fingerprint density at radius 1 is 0.604 bits per heavy atom. The standard InChI is InChI=1S/2C12H19N3O.C11H13N3O.C11H17N3O.C10H13BrN2O.C10H15N3O2/c1-3-14-9-10(13-2)8-11(14)12(16)15-6-4-5-7-15;1-8(2)10-6-9(12(16)15(4)5)7-11(13-3)14-10;1-7-11(8(2)15-14-7)9-4-5-13-10(6-9)12-3;1-5-9-6-8(11(15)14(3)4)7-10(12-2)13-9;1-4-8-5-7(6-9(11)12-8)10(14)13(2)3;1-11-8-5-7(10(14)13(2)3)6-9(12-8)15-4/h8-9,13H,3-7H2,1-2H3;6-8H,1-5H3,(H,13,14);4-6H,1-3H3,(H,12,13);6-7H,5H2,1-4H3,(H,12,13);5-6H,4H2,1-3H3;5-6H,1-4H3,(H,11,12). The van der Waals surface area contributed by atoms with Crippen molar-refractivity contribution in [1.82, 2.24) is 59.1 Å². The first-order valence-corrected chi connectivity index (χ1v) is 30.8. The largest absolute Gasteiger partial charge is 0.481 e. The average molecular weight is 1320 g/mol. The molecule has 0 unspecified atom stereocenters. The Kier molecular flexibility index (Phi) is 31.6. The van der Waals surface area contributed by atoms with Gasteiger partial charge < -0.3 is 64.9 Å². The molecule has 0 aromatic carbocycles. The van der Waals surface area contributed by atoms with Crippen molar-refractivity contribution in [2.45, 2.75) is 86.6 Å². The number of nitrogens with one attached hydrogen (secondary N) is 5. The lowest BCUT2D eigenvalue weighted by molar-refractivity contribution is 0.0779. The third kappa shape index (κ3) is 23.3. The van der Waals surface area contributed by atoms with Gasteiger partial charge in [-0.3, -0.25) is 24.0 Å². The molecule has 7 aromatic rings. The summed E-state index contributed by atoms with van der Waals surface area (Å²) in [6.45, 7) is 16.7. The lowest BCUT2D eigenvalue weighted by atomic mass is 10.1. The summed E-state index contributed by atoms with van der Waals surface area (Å²) >= 11 is 3.29. The number of aryl methyl sites for hydroxylation is 5. The van der Waals surface area contributed by atoms with E-state index in [9.17, 15) is 24.0 Å². The van der Waals surface area contributed by atoms with Gasteiger partial charge in [-0.05, 0) is 135 Å². The number of methoxy groups -OCH3 is 1. The molecule has 5 N–H and O–H groups in total. The zero-order chi connectivity index (χ0) is 68.2. The summed E-state index contributed by atoms with van der Waals surface area (Å²) in [6.07, 6.45) is 7.68. The van der Waals surface area contributed by atoms with Crippen LogP contribution < -0.4 is 31.3 Å². The number of rotatable bonds is 16. The molecular formula is C66H96BrN17O7. The van der Waals surface area contributed by atoms with Gasteiger partial charge in [-0.1, -0.05) is 32.9 Å². The molecule has 8 rings (SSSR count). The zero-order valence-corrected chi connectivity index (χ0v) is 58.7. The summed E-state index contributed by atoms with van der Waals surface area (Å²) in [5, 5.41) is 18.8. The van der Waals surface area contributed by atoms with E-state index in [1.165, 1.54) is 12.0 Å². The second-order valence-electron chi connectivity index (χ2n) is 21.8. The minimum atomic E-state index is -0.0767. The quantitative estimate of drug-likeness (QED) is 0.0563. The molecule has 0 spiro atoms. The van der Waals surface area contributed by atoms with E-state index in [0.717, 1.165) is 114 Å². The van der Waals surface area contributed by atoms with Crippen LogP contribution in [0.4, 0.5) is 29.0 Å². The molecule has 0 bridgehead atoms. The third-order valence-electron chi connectivity index (χ3n) is 13.8. The molecule has 7 aromatic heterocycles. The van der Waals surface area contributed by atoms with E-state index in [2.05, 4.69) is 93.4 Å². The van der Waals surface area contributed by atoms with Gasteiger partial charge in [-0.15, -0.1) is 0 Å². The van der Waals surface area contributed by atoms with Crippen molar-refractivity contribution in [3.8, 4) is 17.0 Å². The minimum Gasteiger partial charge on any atom is -0.481 e. The van der Waals surface area contributed by atoms with Crippen molar-refractivity contribution in [2.24, 2.45) is 0 Å². The lowest BCUT2D eigenvalue weighted by Crippen LogP contribution is -2.29. The summed E-state index contributed by atoms with van der Waals surface area (Å²) < 4.78 is 12.9. The fourth-order valence-corrected chi connectivity index (χ4v) is 9.13. The number of carbonyl (C=O) groups is 5. The Balaban J connectivity index is 0.000000285. The Morgan fingerprint density at radius 3 is 1.52 bits per heavy atom. The van der Waals surface area contributed by atoms with E-state index in [4.69, 9.17) is 9.26 Å². The number of hydrogen-bond donors (Lipinski definition) is 5. The van der Waals surface area contributed by atoms with Crippen molar-refractivity contribution in [3.63, 3.8) is 0 Å². The van der Waals surface area contributed by atoms with Crippen LogP contribution in [-0.4, -0.2) is 200 Å². The van der Waals surface area contributed by atoms with E-state index < -0.39 is 0 Å². The van der Waals surface area contributed by atoms with Crippen LogP contribution in [0, 0.1) is 13.8 Å². The van der Waals surface area contributed by atoms with Crippen molar-refractivity contribution in [3.05, 3.63) is 140 Å². The molecule has 0 radical (unpaired) electrons. The zero-order valence-electron chi connectivity index (χ0n) is 57.1. The van der Waals surface area contributed by atoms with Gasteiger partial charge >= 0.3 is 0 Å². The summed E-state index contributed by atoms with van der Waals surface area (Å²) in [4.78, 5) is 88.6. The number of ether oxygens (including phenoxy) is 1. The molecule has 1 aliphatic heterocycles. The summed E-state index contributed by atoms with van der Waals surface area (Å²) in [7, 11) is 24.4. The van der Waals surface area contributed by atoms with Crippen molar-refractivity contribution in [2.75, 3.05) is 138 Å². The number of anilines is 5. The molecule has 1 fully saturated rings. The van der Waals surface area contributed by atoms with Gasteiger partial charge in [0.2, 0.25) is 5.88 Å². The number of nitrogens with zero attached hydrogens (tertiary/aromatic N) is 12. The Morgan fingerprint density at radius 2 is 1.08 bits per heavy atom. The van der Waals surface area contributed by atoms with Gasteiger partial charge in [0.1, 0.15) is 39.3 Å². The second kappa shape index (κ2) is 37.8. The van der Waals surface area contributed by atoms with E-state index in [-0.39, 0.29) is 29.5 Å². The molecular weight excluding hydrogens is 1220 g/mol. The Labute approximate surface area is 546 Å². The topological polar surface area (TPSA) is 266 Å². The number of pyridine rings is 5. The number of carbonyl (C=O) groups excluding carboxylic acids is 5. The molecule has 91 heavy (non-hydrogen) atoms. The van der Waals surface area contributed by atoms with Crippen LogP contribution in [0.25, 0.3) is 11.1 Å². The van der Waals surface area contributed by atoms with Crippen LogP contribution in [0.5, 0.6) is 5.88 Å².